The molecule has 7 nitrogen and oxygen atoms in total. The van der Waals surface area contributed by atoms with Crippen LogP contribution in [0.1, 0.15) is 46.2 Å². The number of sulfonamides is 1. The highest BCUT2D eigenvalue weighted by atomic mass is 32.2. The van der Waals surface area contributed by atoms with Gasteiger partial charge < -0.3 is 4.90 Å². The van der Waals surface area contributed by atoms with Crippen LogP contribution in [0.4, 0.5) is 5.13 Å². The van der Waals surface area contributed by atoms with Crippen LogP contribution in [0.3, 0.4) is 0 Å². The van der Waals surface area contributed by atoms with Crippen molar-refractivity contribution in [1.29, 1.82) is 0 Å². The quantitative estimate of drug-likeness (QED) is 0.808. The summed E-state index contributed by atoms with van der Waals surface area (Å²) in [6.45, 7) is 9.76. The summed E-state index contributed by atoms with van der Waals surface area (Å²) < 4.78 is 27.5. The lowest BCUT2D eigenvalue weighted by Crippen LogP contribution is -2.46. The Labute approximate surface area is 153 Å². The van der Waals surface area contributed by atoms with Gasteiger partial charge in [0.25, 0.3) is 0 Å². The van der Waals surface area contributed by atoms with E-state index in [4.69, 9.17) is 4.98 Å². The Bertz CT molecular complexity index is 810. The Morgan fingerprint density at radius 1 is 1.32 bits per heavy atom. The van der Waals surface area contributed by atoms with Gasteiger partial charge in [-0.25, -0.2) is 22.2 Å². The highest BCUT2D eigenvalue weighted by Crippen LogP contribution is 2.30. The first-order valence-electron chi connectivity index (χ1n) is 8.69. The maximum absolute atomic E-state index is 12.0. The lowest BCUT2D eigenvalue weighted by Gasteiger charge is -2.35. The fourth-order valence-electron chi connectivity index (χ4n) is 3.03. The number of hydrogen-bond donors (Lipinski definition) is 0. The molecule has 0 bridgehead atoms. The number of hydrogen-bond acceptors (Lipinski definition) is 6. The van der Waals surface area contributed by atoms with E-state index in [1.165, 1.54) is 0 Å². The second-order valence-electron chi connectivity index (χ2n) is 7.62. The van der Waals surface area contributed by atoms with E-state index in [9.17, 15) is 8.42 Å². The van der Waals surface area contributed by atoms with Gasteiger partial charge in [0.15, 0.2) is 0 Å². The van der Waals surface area contributed by atoms with Crippen LogP contribution in [0, 0.1) is 0 Å². The number of aromatic nitrogens is 3. The molecule has 1 aliphatic heterocycles. The zero-order chi connectivity index (χ0) is 18.4. The third kappa shape index (κ3) is 3.68. The van der Waals surface area contributed by atoms with E-state index < -0.39 is 10.0 Å². The molecule has 0 atom stereocenters. The van der Waals surface area contributed by atoms with Gasteiger partial charge in [0, 0.05) is 31.6 Å². The van der Waals surface area contributed by atoms with Crippen molar-refractivity contribution in [3.05, 3.63) is 11.9 Å². The number of imidazole rings is 1. The Hall–Kier alpha value is -1.19. The average Bonchev–Trinajstić information content (AvgIpc) is 3.13. The Balaban J connectivity index is 1.69. The Morgan fingerprint density at radius 3 is 2.48 bits per heavy atom. The molecule has 1 saturated heterocycles. The fraction of sp³-hybridized carbons (Fsp3) is 0.750. The lowest BCUT2D eigenvalue weighted by atomic mass is 9.93. The molecular weight excluding hydrogens is 358 g/mol. The molecule has 140 valence electrons. The number of nitrogens with zero attached hydrogens (tertiary/aromatic N) is 5. The van der Waals surface area contributed by atoms with Gasteiger partial charge in [-0.2, -0.15) is 0 Å². The van der Waals surface area contributed by atoms with Crippen LogP contribution < -0.4 is 4.90 Å². The van der Waals surface area contributed by atoms with Crippen LogP contribution in [0.5, 0.6) is 0 Å². The number of piperidine rings is 1. The predicted molar refractivity (Wildman–Crippen MR) is 102 cm³/mol. The van der Waals surface area contributed by atoms with Gasteiger partial charge >= 0.3 is 0 Å². The molecule has 0 unspecified atom stereocenters. The topological polar surface area (TPSA) is 70.8 Å². The third-order valence-electron chi connectivity index (χ3n) is 4.85. The largest absolute Gasteiger partial charge is 0.347 e. The van der Waals surface area contributed by atoms with Crippen LogP contribution in [0.15, 0.2) is 6.20 Å². The van der Waals surface area contributed by atoms with E-state index in [-0.39, 0.29) is 17.2 Å². The second-order valence-corrected chi connectivity index (χ2v) is 10.9. The molecule has 0 spiro atoms. The summed E-state index contributed by atoms with van der Waals surface area (Å²) in [6, 6.07) is 0.0812. The van der Waals surface area contributed by atoms with E-state index >= 15 is 0 Å². The predicted octanol–water partition coefficient (Wildman–Crippen LogP) is 2.34. The Kier molecular flexibility index (Phi) is 4.85. The minimum Gasteiger partial charge on any atom is -0.347 e. The van der Waals surface area contributed by atoms with Crippen LogP contribution in [-0.4, -0.2) is 59.3 Å². The molecule has 0 radical (unpaired) electrons. The van der Waals surface area contributed by atoms with Gasteiger partial charge in [-0.3, -0.25) is 0 Å². The standard InChI is InChI=1S/C16H27N5O2S2/c1-6-25(22,23)19(5)12-7-9-20(10-8-12)15-18-21-11-13(16(2,3)4)17-14(21)24-15/h11-12H,6-10H2,1-5H3. The second kappa shape index (κ2) is 6.51. The summed E-state index contributed by atoms with van der Waals surface area (Å²) >= 11 is 1.60. The molecular formula is C16H27N5O2S2. The molecule has 25 heavy (non-hydrogen) atoms. The van der Waals surface area contributed by atoms with Crippen molar-refractivity contribution in [1.82, 2.24) is 18.9 Å². The molecule has 0 aliphatic carbocycles. The van der Waals surface area contributed by atoms with Crippen LogP contribution in [0.2, 0.25) is 0 Å². The van der Waals surface area contributed by atoms with Gasteiger partial charge in [-0.1, -0.05) is 32.1 Å². The first-order valence-corrected chi connectivity index (χ1v) is 11.1. The van der Waals surface area contributed by atoms with Crippen molar-refractivity contribution in [2.75, 3.05) is 30.8 Å². The SMILES string of the molecule is CCS(=O)(=O)N(C)C1CCN(c2nn3cc(C(C)(C)C)nc3s2)CC1. The highest BCUT2D eigenvalue weighted by molar-refractivity contribution is 7.89. The average molecular weight is 386 g/mol. The van der Waals surface area contributed by atoms with Gasteiger partial charge in [0.2, 0.25) is 20.1 Å². The van der Waals surface area contributed by atoms with E-state index in [1.807, 2.05) is 10.7 Å². The maximum atomic E-state index is 12.0. The molecule has 3 rings (SSSR count). The normalized spacial score (nSPS) is 17.8. The smallest absolute Gasteiger partial charge is 0.214 e. The summed E-state index contributed by atoms with van der Waals surface area (Å²) in [5.41, 5.74) is 1.06. The Morgan fingerprint density at radius 2 is 1.96 bits per heavy atom. The van der Waals surface area contributed by atoms with Gasteiger partial charge in [0.05, 0.1) is 17.6 Å². The highest BCUT2D eigenvalue weighted by Gasteiger charge is 2.30. The van der Waals surface area contributed by atoms with Crippen LogP contribution in [0.25, 0.3) is 4.96 Å². The zero-order valence-corrected chi connectivity index (χ0v) is 17.2. The number of anilines is 1. The zero-order valence-electron chi connectivity index (χ0n) is 15.6. The van der Waals surface area contributed by atoms with Gasteiger partial charge in [-0.05, 0) is 19.8 Å². The molecule has 3 heterocycles. The molecule has 0 saturated carbocycles. The fourth-order valence-corrected chi connectivity index (χ4v) is 5.04. The van der Waals surface area contributed by atoms with E-state index in [1.54, 1.807) is 29.6 Å². The molecule has 2 aromatic heterocycles. The molecule has 0 aromatic carbocycles. The van der Waals surface area contributed by atoms with Gasteiger partial charge in [0.1, 0.15) is 0 Å². The third-order valence-corrected chi connectivity index (χ3v) is 7.74. The van der Waals surface area contributed by atoms with Crippen molar-refractivity contribution in [3.8, 4) is 0 Å². The van der Waals surface area contributed by atoms with Gasteiger partial charge in [-0.15, -0.1) is 5.10 Å². The van der Waals surface area contributed by atoms with E-state index in [0.29, 0.717) is 0 Å². The van der Waals surface area contributed by atoms with Crippen molar-refractivity contribution in [3.63, 3.8) is 0 Å². The van der Waals surface area contributed by atoms with E-state index in [0.717, 1.165) is 41.7 Å². The van der Waals surface area contributed by atoms with Crippen LogP contribution >= 0.6 is 11.3 Å². The number of rotatable bonds is 4. The molecule has 0 amide bonds. The van der Waals surface area contributed by atoms with Crippen molar-refractivity contribution in [2.24, 2.45) is 0 Å². The lowest BCUT2D eigenvalue weighted by molar-refractivity contribution is 0.312. The van der Waals surface area contributed by atoms with Crippen molar-refractivity contribution < 1.29 is 8.42 Å². The summed E-state index contributed by atoms with van der Waals surface area (Å²) in [7, 11) is -1.42. The number of fused-ring (bicyclic) bond motifs is 1. The summed E-state index contributed by atoms with van der Waals surface area (Å²) in [4.78, 5) is 7.84. The van der Waals surface area contributed by atoms with Crippen LogP contribution in [-0.2, 0) is 15.4 Å². The summed E-state index contributed by atoms with van der Waals surface area (Å²) in [6.07, 6.45) is 3.65. The molecule has 1 aliphatic rings. The maximum Gasteiger partial charge on any atom is 0.214 e. The van der Waals surface area contributed by atoms with Crippen molar-refractivity contribution >= 4 is 31.5 Å². The monoisotopic (exact) mass is 385 g/mol. The molecule has 1 fully saturated rings. The first-order chi connectivity index (χ1) is 11.6. The molecule has 0 N–H and O–H groups in total. The molecule has 9 heteroatoms. The molecule has 2 aromatic rings. The summed E-state index contributed by atoms with van der Waals surface area (Å²) in [5.74, 6) is 0.156. The van der Waals surface area contributed by atoms with Crippen molar-refractivity contribution in [2.45, 2.75) is 52.0 Å². The first kappa shape index (κ1) is 18.6. The van der Waals surface area contributed by atoms with E-state index in [2.05, 4.69) is 30.8 Å². The summed E-state index contributed by atoms with van der Waals surface area (Å²) in [5, 5.41) is 5.63. The minimum absolute atomic E-state index is 0.0152. The minimum atomic E-state index is -3.12.